The van der Waals surface area contributed by atoms with E-state index >= 15 is 0 Å². The fraction of sp³-hybridized carbons (Fsp3) is 0.143. The van der Waals surface area contributed by atoms with Gasteiger partial charge in [-0.05, 0) is 19.1 Å². The van der Waals surface area contributed by atoms with E-state index in [9.17, 15) is 14.4 Å². The fourth-order valence-electron chi connectivity index (χ4n) is 1.69. The molecule has 0 aliphatic carbocycles. The Morgan fingerprint density at radius 1 is 1.29 bits per heavy atom. The monoisotopic (exact) mass is 288 g/mol. The molecule has 0 unspecified atom stereocenters. The Hall–Kier alpha value is -2.96. The molecule has 0 saturated heterocycles. The number of H-pyrrole nitrogens is 1. The van der Waals surface area contributed by atoms with Crippen LogP contribution in [-0.2, 0) is 6.61 Å². The van der Waals surface area contributed by atoms with Crippen molar-refractivity contribution in [2.24, 2.45) is 0 Å². The van der Waals surface area contributed by atoms with Gasteiger partial charge in [-0.25, -0.2) is 9.78 Å². The molecular weight excluding hydrogens is 276 g/mol. The molecule has 1 heterocycles. The molecule has 0 atom stereocenters. The Labute approximate surface area is 119 Å². The summed E-state index contributed by atoms with van der Waals surface area (Å²) in [5.41, 5.74) is -0.777. The van der Waals surface area contributed by atoms with Gasteiger partial charge in [0.05, 0.1) is 5.56 Å². The number of aromatic carboxylic acids is 1. The largest absolute Gasteiger partial charge is 0.485 e. The SMILES string of the molecule is CC(=O)c1ccccc1OCc1ncc(C(=O)O)c(=O)[nH]1. The van der Waals surface area contributed by atoms with Crippen LogP contribution in [0.25, 0.3) is 0 Å². The van der Waals surface area contributed by atoms with Gasteiger partial charge in [-0.15, -0.1) is 0 Å². The number of ether oxygens (including phenoxy) is 1. The third kappa shape index (κ3) is 3.33. The highest BCUT2D eigenvalue weighted by Gasteiger charge is 2.11. The minimum atomic E-state index is -1.35. The van der Waals surface area contributed by atoms with Crippen molar-refractivity contribution in [3.8, 4) is 5.75 Å². The van der Waals surface area contributed by atoms with Crippen LogP contribution in [0, 0.1) is 0 Å². The molecule has 0 amide bonds. The van der Waals surface area contributed by atoms with Gasteiger partial charge in [0.1, 0.15) is 23.7 Å². The highest BCUT2D eigenvalue weighted by Crippen LogP contribution is 2.19. The minimum absolute atomic E-state index is 0.0839. The van der Waals surface area contributed by atoms with Gasteiger partial charge >= 0.3 is 5.97 Å². The lowest BCUT2D eigenvalue weighted by molar-refractivity contribution is 0.0694. The number of hydrogen-bond donors (Lipinski definition) is 2. The smallest absolute Gasteiger partial charge is 0.342 e. The summed E-state index contributed by atoms with van der Waals surface area (Å²) >= 11 is 0. The van der Waals surface area contributed by atoms with E-state index < -0.39 is 17.1 Å². The molecule has 0 radical (unpaired) electrons. The van der Waals surface area contributed by atoms with E-state index in [2.05, 4.69) is 9.97 Å². The van der Waals surface area contributed by atoms with Gasteiger partial charge in [0.2, 0.25) is 0 Å². The third-order valence-electron chi connectivity index (χ3n) is 2.71. The second kappa shape index (κ2) is 6.00. The van der Waals surface area contributed by atoms with Crippen molar-refractivity contribution < 1.29 is 19.4 Å². The zero-order chi connectivity index (χ0) is 15.4. The number of nitrogens with one attached hydrogen (secondary N) is 1. The highest BCUT2D eigenvalue weighted by molar-refractivity contribution is 5.96. The first-order chi connectivity index (χ1) is 9.99. The fourth-order valence-corrected chi connectivity index (χ4v) is 1.69. The summed E-state index contributed by atoms with van der Waals surface area (Å²) in [7, 11) is 0. The zero-order valence-corrected chi connectivity index (χ0v) is 11.1. The number of aromatic amines is 1. The molecule has 2 rings (SSSR count). The number of carboxylic acids is 1. The molecule has 2 aromatic rings. The Morgan fingerprint density at radius 2 is 2.00 bits per heavy atom. The first-order valence-corrected chi connectivity index (χ1v) is 6.03. The van der Waals surface area contributed by atoms with Crippen LogP contribution in [0.3, 0.4) is 0 Å². The van der Waals surface area contributed by atoms with E-state index in [1.54, 1.807) is 24.3 Å². The van der Waals surface area contributed by atoms with Gasteiger partial charge in [0.25, 0.3) is 5.56 Å². The molecular formula is C14H12N2O5. The summed E-state index contributed by atoms with van der Waals surface area (Å²) in [6.07, 6.45) is 0.969. The van der Waals surface area contributed by atoms with Crippen molar-refractivity contribution in [3.05, 3.63) is 57.8 Å². The molecule has 7 nitrogen and oxygen atoms in total. The van der Waals surface area contributed by atoms with Crippen LogP contribution in [0.4, 0.5) is 0 Å². The van der Waals surface area contributed by atoms with Gasteiger partial charge in [0.15, 0.2) is 5.78 Å². The van der Waals surface area contributed by atoms with E-state index in [0.717, 1.165) is 6.20 Å². The summed E-state index contributed by atoms with van der Waals surface area (Å²) in [5, 5.41) is 8.73. The Balaban J connectivity index is 2.18. The van der Waals surface area contributed by atoms with Gasteiger partial charge in [0, 0.05) is 6.20 Å². The lowest BCUT2D eigenvalue weighted by atomic mass is 10.1. The normalized spacial score (nSPS) is 10.1. The Bertz CT molecular complexity index is 751. The van der Waals surface area contributed by atoms with Crippen LogP contribution >= 0.6 is 0 Å². The number of carbonyl (C=O) groups excluding carboxylic acids is 1. The maximum atomic E-state index is 11.5. The third-order valence-corrected chi connectivity index (χ3v) is 2.71. The zero-order valence-electron chi connectivity index (χ0n) is 11.1. The predicted octanol–water partition coefficient (Wildman–Crippen LogP) is 1.25. The predicted molar refractivity (Wildman–Crippen MR) is 72.6 cm³/mol. The van der Waals surface area contributed by atoms with Crippen molar-refractivity contribution in [3.63, 3.8) is 0 Å². The average molecular weight is 288 g/mol. The average Bonchev–Trinajstić information content (AvgIpc) is 2.45. The van der Waals surface area contributed by atoms with E-state index in [4.69, 9.17) is 9.84 Å². The Morgan fingerprint density at radius 3 is 2.62 bits per heavy atom. The lowest BCUT2D eigenvalue weighted by Gasteiger charge is -2.09. The van der Waals surface area contributed by atoms with Crippen LogP contribution in [0.15, 0.2) is 35.3 Å². The van der Waals surface area contributed by atoms with Crippen molar-refractivity contribution in [1.29, 1.82) is 0 Å². The number of rotatable bonds is 5. The molecule has 0 aliphatic rings. The van der Waals surface area contributed by atoms with Crippen molar-refractivity contribution in [1.82, 2.24) is 9.97 Å². The molecule has 0 spiro atoms. The standard InChI is InChI=1S/C14H12N2O5/c1-8(17)9-4-2-3-5-11(9)21-7-12-15-6-10(14(19)20)13(18)16-12/h2-6H,7H2,1H3,(H,19,20)(H,15,16,18). The maximum Gasteiger partial charge on any atom is 0.342 e. The minimum Gasteiger partial charge on any atom is -0.485 e. The molecule has 0 bridgehead atoms. The second-order valence-electron chi connectivity index (χ2n) is 4.22. The molecule has 2 N–H and O–H groups in total. The first kappa shape index (κ1) is 14.4. The molecule has 0 aliphatic heterocycles. The number of Topliss-reactive ketones (excluding diaryl/α,β-unsaturated/α-hetero) is 1. The molecule has 0 fully saturated rings. The van der Waals surface area contributed by atoms with Crippen LogP contribution in [0.5, 0.6) is 5.75 Å². The summed E-state index contributed by atoms with van der Waals surface area (Å²) in [5.74, 6) is -0.954. The number of hydrogen-bond acceptors (Lipinski definition) is 5. The van der Waals surface area contributed by atoms with E-state index in [0.29, 0.717) is 11.3 Å². The molecule has 0 saturated carbocycles. The van der Waals surface area contributed by atoms with Crippen molar-refractivity contribution >= 4 is 11.8 Å². The first-order valence-electron chi connectivity index (χ1n) is 6.03. The molecule has 1 aromatic carbocycles. The lowest BCUT2D eigenvalue weighted by Crippen LogP contribution is -2.20. The maximum absolute atomic E-state index is 11.5. The van der Waals surface area contributed by atoms with Crippen LogP contribution in [0.1, 0.15) is 33.5 Å². The molecule has 21 heavy (non-hydrogen) atoms. The van der Waals surface area contributed by atoms with Crippen molar-refractivity contribution in [2.45, 2.75) is 13.5 Å². The van der Waals surface area contributed by atoms with Gasteiger partial charge < -0.3 is 14.8 Å². The van der Waals surface area contributed by atoms with E-state index in [-0.39, 0.29) is 18.2 Å². The number of para-hydroxylation sites is 1. The topological polar surface area (TPSA) is 109 Å². The number of nitrogens with zero attached hydrogens (tertiary/aromatic N) is 1. The second-order valence-corrected chi connectivity index (χ2v) is 4.22. The molecule has 108 valence electrons. The Kier molecular flexibility index (Phi) is 4.13. The number of carbonyl (C=O) groups is 2. The number of benzene rings is 1. The number of carboxylic acid groups (broad SMARTS) is 1. The van der Waals surface area contributed by atoms with Gasteiger partial charge in [-0.3, -0.25) is 9.59 Å². The molecule has 7 heteroatoms. The van der Waals surface area contributed by atoms with Gasteiger partial charge in [-0.2, -0.15) is 0 Å². The summed E-state index contributed by atoms with van der Waals surface area (Å²) in [6, 6.07) is 6.68. The highest BCUT2D eigenvalue weighted by atomic mass is 16.5. The summed E-state index contributed by atoms with van der Waals surface area (Å²) in [4.78, 5) is 39.7. The van der Waals surface area contributed by atoms with Gasteiger partial charge in [-0.1, -0.05) is 12.1 Å². The van der Waals surface area contributed by atoms with Crippen LogP contribution in [0.2, 0.25) is 0 Å². The van der Waals surface area contributed by atoms with E-state index in [1.807, 2.05) is 0 Å². The number of aromatic nitrogens is 2. The summed E-state index contributed by atoms with van der Waals surface area (Å²) in [6.45, 7) is 1.34. The van der Waals surface area contributed by atoms with E-state index in [1.165, 1.54) is 6.92 Å². The quantitative estimate of drug-likeness (QED) is 0.801. The number of ketones is 1. The molecule has 1 aromatic heterocycles. The summed E-state index contributed by atoms with van der Waals surface area (Å²) < 4.78 is 5.44. The van der Waals surface area contributed by atoms with Crippen molar-refractivity contribution in [2.75, 3.05) is 0 Å². The van der Waals surface area contributed by atoms with Crippen LogP contribution in [-0.4, -0.2) is 26.8 Å². The van der Waals surface area contributed by atoms with Crippen LogP contribution < -0.4 is 10.3 Å².